The second-order valence-electron chi connectivity index (χ2n) is 15.7. The van der Waals surface area contributed by atoms with Crippen molar-refractivity contribution in [1.29, 1.82) is 0 Å². The second-order valence-corrected chi connectivity index (χ2v) is 17.7. The van der Waals surface area contributed by atoms with Gasteiger partial charge in [-0.2, -0.15) is 0 Å². The molecule has 0 unspecified atom stereocenters. The van der Waals surface area contributed by atoms with E-state index in [1.165, 1.54) is 4.90 Å². The molecule has 0 radical (unpaired) electrons. The van der Waals surface area contributed by atoms with Crippen molar-refractivity contribution >= 4 is 44.6 Å². The molecule has 2 saturated heterocycles. The Kier molecular flexibility index (Phi) is 12.8. The van der Waals surface area contributed by atoms with Crippen LogP contribution in [0.15, 0.2) is 66.7 Å². The van der Waals surface area contributed by atoms with Gasteiger partial charge in [-0.1, -0.05) is 55.3 Å². The maximum atomic E-state index is 14.8. The van der Waals surface area contributed by atoms with E-state index in [4.69, 9.17) is 14.5 Å². The number of aromatic nitrogens is 1. The number of amides is 4. The molecule has 0 spiro atoms. The van der Waals surface area contributed by atoms with E-state index in [-0.39, 0.29) is 37.6 Å². The molecule has 3 aliphatic heterocycles. The van der Waals surface area contributed by atoms with Crippen LogP contribution < -0.4 is 19.5 Å². The number of pyridine rings is 1. The second kappa shape index (κ2) is 18.1. The van der Waals surface area contributed by atoms with Gasteiger partial charge in [-0.05, 0) is 69.9 Å². The van der Waals surface area contributed by atoms with Crippen LogP contribution in [0.3, 0.4) is 0 Å². The summed E-state index contributed by atoms with van der Waals surface area (Å²) in [5, 5.41) is 2.92. The smallest absolute Gasteiger partial charge is 0.256 e. The number of methoxy groups -OCH3 is 1. The molecule has 4 amide bonds. The minimum absolute atomic E-state index is 0.0520. The topological polar surface area (TPSA) is 164 Å². The number of nitrogens with zero attached hydrogens (tertiary/aromatic N) is 3. The number of piperidine rings is 1. The van der Waals surface area contributed by atoms with Gasteiger partial charge in [0.15, 0.2) is 0 Å². The van der Waals surface area contributed by atoms with Gasteiger partial charge in [-0.3, -0.25) is 23.9 Å². The lowest BCUT2D eigenvalue weighted by Crippen LogP contribution is -2.54. The largest absolute Gasteiger partial charge is 0.497 e. The van der Waals surface area contributed by atoms with Crippen LogP contribution in [0.2, 0.25) is 0 Å². The Hall–Kier alpha value is -4.98. The molecule has 13 nitrogen and oxygen atoms in total. The molecule has 57 heavy (non-hydrogen) atoms. The van der Waals surface area contributed by atoms with Gasteiger partial charge in [0.2, 0.25) is 27.7 Å². The fraction of sp³-hybridized carbons (Fsp3) is 0.512. The van der Waals surface area contributed by atoms with Crippen LogP contribution in [-0.4, -0.2) is 97.0 Å². The molecule has 4 aliphatic rings. The van der Waals surface area contributed by atoms with Crippen LogP contribution >= 0.6 is 0 Å². The van der Waals surface area contributed by atoms with E-state index in [1.807, 2.05) is 65.6 Å². The van der Waals surface area contributed by atoms with Crippen molar-refractivity contribution in [3.05, 3.63) is 66.7 Å². The third-order valence-electron chi connectivity index (χ3n) is 11.5. The molecular formula is C43H53N5O8S. The number of carbonyl (C=O) groups excluding carboxylic acids is 4. The van der Waals surface area contributed by atoms with Crippen molar-refractivity contribution < 1.29 is 37.1 Å². The zero-order valence-corrected chi connectivity index (χ0v) is 33.4. The van der Waals surface area contributed by atoms with Crippen LogP contribution in [0.5, 0.6) is 11.5 Å². The van der Waals surface area contributed by atoms with Gasteiger partial charge in [0.1, 0.15) is 29.7 Å². The van der Waals surface area contributed by atoms with E-state index in [9.17, 15) is 27.6 Å². The Balaban J connectivity index is 1.20. The first-order valence-electron chi connectivity index (χ1n) is 20.4. The third-order valence-corrected chi connectivity index (χ3v) is 13.3. The molecule has 0 bridgehead atoms. The van der Waals surface area contributed by atoms with Crippen LogP contribution in [0.4, 0.5) is 0 Å². The number of hydrogen-bond donors (Lipinski definition) is 2. The molecule has 1 aliphatic carbocycles. The summed E-state index contributed by atoms with van der Waals surface area (Å²) < 4.78 is 40.0. The lowest BCUT2D eigenvalue weighted by atomic mass is 9.94. The minimum Gasteiger partial charge on any atom is -0.497 e. The molecule has 1 saturated carbocycles. The predicted molar refractivity (Wildman–Crippen MR) is 216 cm³/mol. The predicted octanol–water partition coefficient (Wildman–Crippen LogP) is 5.28. The highest BCUT2D eigenvalue weighted by Gasteiger charge is 2.45. The fourth-order valence-corrected chi connectivity index (χ4v) is 9.44. The molecular weight excluding hydrogens is 747 g/mol. The van der Waals surface area contributed by atoms with Crippen molar-refractivity contribution in [3.63, 3.8) is 0 Å². The Labute approximate surface area is 334 Å². The highest BCUT2D eigenvalue weighted by atomic mass is 32.2. The van der Waals surface area contributed by atoms with Crippen molar-refractivity contribution in [2.24, 2.45) is 5.92 Å². The summed E-state index contributed by atoms with van der Waals surface area (Å²) in [6.07, 6.45) is 10.9. The highest BCUT2D eigenvalue weighted by molar-refractivity contribution is 7.90. The van der Waals surface area contributed by atoms with Crippen LogP contribution in [0.25, 0.3) is 22.2 Å². The molecule has 4 heterocycles. The van der Waals surface area contributed by atoms with E-state index >= 15 is 0 Å². The summed E-state index contributed by atoms with van der Waals surface area (Å²) in [6.45, 7) is 1.42. The molecule has 3 aromatic rings. The SMILES string of the molecule is COc1ccc2c(O[C@@H]3C[C@H]4C(=O)N[C@H](C(=O)NS(=O)(=O)C5CC5)C/C=C\CCCCC[C@H](CC(=O)N5CCCCC5)C(=O)N4C3)cc(-c3ccccc3)nc2c1. The molecule has 4 atom stereocenters. The zero-order chi connectivity index (χ0) is 39.9. The number of likely N-dealkylation sites (tertiary alicyclic amines) is 1. The number of hydrogen-bond acceptors (Lipinski definition) is 9. The van der Waals surface area contributed by atoms with Crippen molar-refractivity contribution in [3.8, 4) is 22.8 Å². The van der Waals surface area contributed by atoms with E-state index in [1.54, 1.807) is 13.2 Å². The number of sulfonamides is 1. The summed E-state index contributed by atoms with van der Waals surface area (Å²) in [7, 11) is -2.28. The molecule has 14 heteroatoms. The average Bonchev–Trinajstić information content (AvgIpc) is 4.01. The highest BCUT2D eigenvalue weighted by Crippen LogP contribution is 2.35. The monoisotopic (exact) mass is 799 g/mol. The van der Waals surface area contributed by atoms with Crippen LogP contribution in [0, 0.1) is 5.92 Å². The standard InChI is InChI=1S/C43H53N5O8S/c1-55-31-18-21-34-37(25-31)44-36(29-14-9-6-10-15-29)27-39(34)56-32-26-38-42(51)45-35(41(50)46-57(53,54)33-19-20-33)17-11-5-3-2-4-8-16-30(43(52)48(38)28-32)24-40(49)47-22-12-7-13-23-47/h5-6,9-11,14-15,18,21,25,27,30,32-33,35,38H,2-4,7-8,12-13,16-17,19-20,22-24,26,28H2,1H3,(H,45,51)(H,46,50)/b11-5-/t30-,32-,35+,38+/m1/s1. The van der Waals surface area contributed by atoms with Crippen LogP contribution in [-0.2, 0) is 29.2 Å². The van der Waals surface area contributed by atoms with Gasteiger partial charge in [-0.25, -0.2) is 13.4 Å². The normalized spacial score (nSPS) is 24.4. The first kappa shape index (κ1) is 40.2. The van der Waals surface area contributed by atoms with Gasteiger partial charge in [0.25, 0.3) is 5.91 Å². The zero-order valence-electron chi connectivity index (χ0n) is 32.6. The maximum absolute atomic E-state index is 14.8. The lowest BCUT2D eigenvalue weighted by molar-refractivity contribution is -0.145. The van der Waals surface area contributed by atoms with Gasteiger partial charge in [0, 0.05) is 54.9 Å². The van der Waals surface area contributed by atoms with Gasteiger partial charge >= 0.3 is 0 Å². The molecule has 2 aromatic carbocycles. The summed E-state index contributed by atoms with van der Waals surface area (Å²) in [4.78, 5) is 64.5. The van der Waals surface area contributed by atoms with Crippen LogP contribution in [0.1, 0.15) is 83.5 Å². The number of ether oxygens (including phenoxy) is 2. The molecule has 3 fully saturated rings. The number of rotatable bonds is 9. The van der Waals surface area contributed by atoms with E-state index < -0.39 is 51.2 Å². The summed E-state index contributed by atoms with van der Waals surface area (Å²) in [5.41, 5.74) is 2.20. The van der Waals surface area contributed by atoms with Crippen molar-refractivity contribution in [2.45, 2.75) is 107 Å². The summed E-state index contributed by atoms with van der Waals surface area (Å²) in [5.74, 6) is -1.25. The van der Waals surface area contributed by atoms with E-state index in [2.05, 4.69) is 10.0 Å². The van der Waals surface area contributed by atoms with Gasteiger partial charge in [-0.15, -0.1) is 0 Å². The Morgan fingerprint density at radius 2 is 1.70 bits per heavy atom. The quantitative estimate of drug-likeness (QED) is 0.274. The number of fused-ring (bicyclic) bond motifs is 2. The maximum Gasteiger partial charge on any atom is 0.256 e. The summed E-state index contributed by atoms with van der Waals surface area (Å²) >= 11 is 0. The number of nitrogens with one attached hydrogen (secondary N) is 2. The van der Waals surface area contributed by atoms with Crippen molar-refractivity contribution in [2.75, 3.05) is 26.7 Å². The Morgan fingerprint density at radius 3 is 2.46 bits per heavy atom. The Bertz CT molecular complexity index is 2080. The van der Waals surface area contributed by atoms with Crippen molar-refractivity contribution in [1.82, 2.24) is 24.8 Å². The minimum atomic E-state index is -3.87. The molecule has 304 valence electrons. The number of carbonyl (C=O) groups is 4. The van der Waals surface area contributed by atoms with E-state index in [0.717, 1.165) is 55.9 Å². The molecule has 1 aromatic heterocycles. The first-order chi connectivity index (χ1) is 27.6. The lowest BCUT2D eigenvalue weighted by Gasteiger charge is -2.31. The Morgan fingerprint density at radius 1 is 0.930 bits per heavy atom. The third kappa shape index (κ3) is 9.95. The average molecular weight is 800 g/mol. The van der Waals surface area contributed by atoms with Gasteiger partial charge < -0.3 is 24.6 Å². The first-order valence-corrected chi connectivity index (χ1v) is 21.9. The molecule has 2 N–H and O–H groups in total. The van der Waals surface area contributed by atoms with E-state index in [0.29, 0.717) is 55.1 Å². The fourth-order valence-electron chi connectivity index (χ4n) is 8.09. The molecule has 7 rings (SSSR count). The number of allylic oxidation sites excluding steroid dienone is 1. The van der Waals surface area contributed by atoms with Gasteiger partial charge in [0.05, 0.1) is 30.1 Å². The summed E-state index contributed by atoms with van der Waals surface area (Å²) in [6, 6.07) is 14.8. The number of benzene rings is 2.